The highest BCUT2D eigenvalue weighted by Crippen LogP contribution is 2.16. The lowest BCUT2D eigenvalue weighted by molar-refractivity contribution is 0.214. The highest BCUT2D eigenvalue weighted by molar-refractivity contribution is 5.89. The Morgan fingerprint density at radius 3 is 2.65 bits per heavy atom. The lowest BCUT2D eigenvalue weighted by atomic mass is 10.3. The van der Waals surface area contributed by atoms with E-state index in [9.17, 15) is 4.79 Å². The van der Waals surface area contributed by atoms with Crippen LogP contribution in [-0.4, -0.2) is 28.6 Å². The molecule has 0 fully saturated rings. The molecule has 122 valence electrons. The van der Waals surface area contributed by atoms with Gasteiger partial charge in [-0.3, -0.25) is 0 Å². The van der Waals surface area contributed by atoms with Crippen LogP contribution in [0, 0.1) is 0 Å². The van der Waals surface area contributed by atoms with Gasteiger partial charge in [-0.2, -0.15) is 0 Å². The average molecular weight is 313 g/mol. The van der Waals surface area contributed by atoms with Gasteiger partial charge in [-0.1, -0.05) is 6.08 Å². The smallest absolute Gasteiger partial charge is 0.322 e. The van der Waals surface area contributed by atoms with Gasteiger partial charge in [0.2, 0.25) is 0 Å². The Hall–Kier alpha value is -2.69. The number of hydrogen-bond acceptors (Lipinski definition) is 2. The Labute approximate surface area is 137 Å². The maximum absolute atomic E-state index is 12.5. The van der Waals surface area contributed by atoms with Crippen LogP contribution < -0.4 is 10.1 Å². The Bertz CT molecular complexity index is 647. The van der Waals surface area contributed by atoms with Crippen molar-refractivity contribution in [2.45, 2.75) is 13.5 Å². The summed E-state index contributed by atoms with van der Waals surface area (Å²) in [6.45, 7) is 7.29. The number of benzene rings is 1. The van der Waals surface area contributed by atoms with E-state index in [2.05, 4.69) is 11.9 Å². The van der Waals surface area contributed by atoms with Gasteiger partial charge in [-0.05, 0) is 43.3 Å². The molecule has 0 aliphatic carbocycles. The van der Waals surface area contributed by atoms with Gasteiger partial charge in [0.25, 0.3) is 0 Å². The van der Waals surface area contributed by atoms with Crippen molar-refractivity contribution in [3.63, 3.8) is 0 Å². The van der Waals surface area contributed by atoms with Crippen LogP contribution in [0.5, 0.6) is 5.75 Å². The molecular formula is C18H23N3O2. The molecule has 5 nitrogen and oxygen atoms in total. The minimum atomic E-state index is -0.157. The van der Waals surface area contributed by atoms with Crippen molar-refractivity contribution >= 4 is 11.7 Å². The number of aromatic nitrogens is 1. The third kappa shape index (κ3) is 4.64. The van der Waals surface area contributed by atoms with Crippen molar-refractivity contribution in [1.82, 2.24) is 9.47 Å². The number of carbonyl (C=O) groups is 1. The molecule has 2 amide bonds. The van der Waals surface area contributed by atoms with Gasteiger partial charge in [-0.25, -0.2) is 4.79 Å². The molecule has 1 aromatic carbocycles. The van der Waals surface area contributed by atoms with Gasteiger partial charge in [0, 0.05) is 31.2 Å². The molecule has 1 N–H and O–H groups in total. The third-order valence-electron chi connectivity index (χ3n) is 3.46. The van der Waals surface area contributed by atoms with E-state index in [1.807, 2.05) is 61.1 Å². The summed E-state index contributed by atoms with van der Waals surface area (Å²) in [7, 11) is 1.96. The quantitative estimate of drug-likeness (QED) is 0.793. The zero-order valence-corrected chi connectivity index (χ0v) is 13.7. The number of carbonyl (C=O) groups excluding carboxylic acids is 1. The standard InChI is InChI=1S/C18H23N3O2/c1-4-12-21(14-16-7-6-13-20(16)3)18(22)19-15-8-10-17(11-9-15)23-5-2/h4,6-11,13H,1,5,12,14H2,2-3H3,(H,19,22). The van der Waals surface area contributed by atoms with E-state index < -0.39 is 0 Å². The minimum absolute atomic E-state index is 0.157. The first-order valence-electron chi connectivity index (χ1n) is 7.64. The van der Waals surface area contributed by atoms with Crippen molar-refractivity contribution in [3.8, 4) is 5.75 Å². The second kappa shape index (κ2) is 8.08. The van der Waals surface area contributed by atoms with Crippen molar-refractivity contribution in [1.29, 1.82) is 0 Å². The molecule has 0 radical (unpaired) electrons. The monoisotopic (exact) mass is 313 g/mol. The zero-order valence-electron chi connectivity index (χ0n) is 13.7. The molecule has 2 aromatic rings. The van der Waals surface area contributed by atoms with Crippen molar-refractivity contribution in [2.75, 3.05) is 18.5 Å². The molecule has 1 aromatic heterocycles. The van der Waals surface area contributed by atoms with Crippen LogP contribution in [0.1, 0.15) is 12.6 Å². The molecule has 0 bridgehead atoms. The molecule has 23 heavy (non-hydrogen) atoms. The lowest BCUT2D eigenvalue weighted by Crippen LogP contribution is -2.35. The van der Waals surface area contributed by atoms with Gasteiger partial charge < -0.3 is 19.5 Å². The summed E-state index contributed by atoms with van der Waals surface area (Å²) in [6, 6.07) is 11.2. The number of nitrogens with zero attached hydrogens (tertiary/aromatic N) is 2. The number of nitrogens with one attached hydrogen (secondary N) is 1. The van der Waals surface area contributed by atoms with E-state index in [0.29, 0.717) is 19.7 Å². The largest absolute Gasteiger partial charge is 0.494 e. The summed E-state index contributed by atoms with van der Waals surface area (Å²) in [4.78, 5) is 14.2. The molecule has 0 spiro atoms. The fourth-order valence-corrected chi connectivity index (χ4v) is 2.24. The van der Waals surface area contributed by atoms with Crippen LogP contribution >= 0.6 is 0 Å². The highest BCUT2D eigenvalue weighted by Gasteiger charge is 2.14. The number of aryl methyl sites for hydroxylation is 1. The first-order chi connectivity index (χ1) is 11.1. The number of rotatable bonds is 7. The number of amides is 2. The Morgan fingerprint density at radius 2 is 2.09 bits per heavy atom. The summed E-state index contributed by atoms with van der Waals surface area (Å²) in [5, 5.41) is 2.90. The van der Waals surface area contributed by atoms with Gasteiger partial charge in [0.15, 0.2) is 0 Å². The topological polar surface area (TPSA) is 46.5 Å². The zero-order chi connectivity index (χ0) is 16.7. The van der Waals surface area contributed by atoms with Crippen LogP contribution in [0.3, 0.4) is 0 Å². The summed E-state index contributed by atoms with van der Waals surface area (Å²) < 4.78 is 7.40. The Morgan fingerprint density at radius 1 is 1.35 bits per heavy atom. The van der Waals surface area contributed by atoms with E-state index in [1.54, 1.807) is 11.0 Å². The van der Waals surface area contributed by atoms with Gasteiger partial charge >= 0.3 is 6.03 Å². The van der Waals surface area contributed by atoms with Gasteiger partial charge in [0.05, 0.1) is 13.2 Å². The summed E-state index contributed by atoms with van der Waals surface area (Å²) in [5.74, 6) is 0.789. The third-order valence-corrected chi connectivity index (χ3v) is 3.46. The number of hydrogen-bond donors (Lipinski definition) is 1. The SMILES string of the molecule is C=CCN(Cc1cccn1C)C(=O)Nc1ccc(OCC)cc1. The highest BCUT2D eigenvalue weighted by atomic mass is 16.5. The second-order valence-electron chi connectivity index (χ2n) is 5.17. The molecule has 2 rings (SSSR count). The molecular weight excluding hydrogens is 290 g/mol. The Kier molecular flexibility index (Phi) is 5.86. The fourth-order valence-electron chi connectivity index (χ4n) is 2.24. The number of anilines is 1. The normalized spacial score (nSPS) is 10.2. The van der Waals surface area contributed by atoms with E-state index in [1.165, 1.54) is 0 Å². The van der Waals surface area contributed by atoms with Crippen molar-refractivity contribution in [2.24, 2.45) is 7.05 Å². The minimum Gasteiger partial charge on any atom is -0.494 e. The molecule has 1 heterocycles. The maximum atomic E-state index is 12.5. The maximum Gasteiger partial charge on any atom is 0.322 e. The van der Waals surface area contributed by atoms with Crippen molar-refractivity contribution < 1.29 is 9.53 Å². The summed E-state index contributed by atoms with van der Waals surface area (Å²) in [6.07, 6.45) is 3.69. The van der Waals surface area contributed by atoms with Crippen LogP contribution in [0.15, 0.2) is 55.3 Å². The predicted octanol–water partition coefficient (Wildman–Crippen LogP) is 3.64. The van der Waals surface area contributed by atoms with Crippen LogP contribution in [0.2, 0.25) is 0 Å². The molecule has 0 saturated heterocycles. The van der Waals surface area contributed by atoms with Crippen LogP contribution in [0.4, 0.5) is 10.5 Å². The predicted molar refractivity (Wildman–Crippen MR) is 92.6 cm³/mol. The van der Waals surface area contributed by atoms with E-state index >= 15 is 0 Å². The van der Waals surface area contributed by atoms with Crippen LogP contribution in [-0.2, 0) is 13.6 Å². The molecule has 5 heteroatoms. The number of ether oxygens (including phenoxy) is 1. The first-order valence-corrected chi connectivity index (χ1v) is 7.64. The lowest BCUT2D eigenvalue weighted by Gasteiger charge is -2.22. The molecule has 0 unspecified atom stereocenters. The first kappa shape index (κ1) is 16.7. The van der Waals surface area contributed by atoms with Gasteiger partial charge in [0.1, 0.15) is 5.75 Å². The second-order valence-corrected chi connectivity index (χ2v) is 5.17. The molecule has 0 atom stereocenters. The van der Waals surface area contributed by atoms with E-state index in [-0.39, 0.29) is 6.03 Å². The summed E-state index contributed by atoms with van der Waals surface area (Å²) in [5.41, 5.74) is 1.80. The van der Waals surface area contributed by atoms with Crippen molar-refractivity contribution in [3.05, 3.63) is 60.9 Å². The van der Waals surface area contributed by atoms with Gasteiger partial charge in [-0.15, -0.1) is 6.58 Å². The number of urea groups is 1. The molecule has 0 aliphatic heterocycles. The molecule has 0 aliphatic rings. The Balaban J connectivity index is 2.02. The van der Waals surface area contributed by atoms with Crippen LogP contribution in [0.25, 0.3) is 0 Å². The summed E-state index contributed by atoms with van der Waals surface area (Å²) >= 11 is 0. The van der Waals surface area contributed by atoms with E-state index in [4.69, 9.17) is 4.74 Å². The fraction of sp³-hybridized carbons (Fsp3) is 0.278. The average Bonchev–Trinajstić information content (AvgIpc) is 2.94. The van der Waals surface area contributed by atoms with E-state index in [0.717, 1.165) is 17.1 Å². The molecule has 0 saturated carbocycles.